The number of nitrogens with one attached hydrogen (secondary N) is 1. The van der Waals surface area contributed by atoms with Crippen LogP contribution in [0, 0.1) is 5.92 Å². The highest BCUT2D eigenvalue weighted by molar-refractivity contribution is 7.12. The highest BCUT2D eigenvalue weighted by Gasteiger charge is 2.20. The second-order valence-electron chi connectivity index (χ2n) is 6.36. The van der Waals surface area contributed by atoms with E-state index in [4.69, 9.17) is 4.74 Å². The van der Waals surface area contributed by atoms with Crippen molar-refractivity contribution in [1.82, 2.24) is 10.2 Å². The number of carbonyl (C=O) groups is 2. The van der Waals surface area contributed by atoms with Crippen LogP contribution in [0.2, 0.25) is 0 Å². The van der Waals surface area contributed by atoms with Crippen LogP contribution >= 0.6 is 11.3 Å². The van der Waals surface area contributed by atoms with Crippen molar-refractivity contribution >= 4 is 23.2 Å². The summed E-state index contributed by atoms with van der Waals surface area (Å²) < 4.78 is 4.81. The SMILES string of the molecule is COC(=O)c1sccc1-c1ccc(C(=O)NCC2CCN(C)C2)cc1. The summed E-state index contributed by atoms with van der Waals surface area (Å²) in [5.74, 6) is 0.134. The fourth-order valence-electron chi connectivity index (χ4n) is 3.12. The molecule has 0 spiro atoms. The van der Waals surface area contributed by atoms with E-state index in [1.54, 1.807) is 12.1 Å². The van der Waals surface area contributed by atoms with E-state index >= 15 is 0 Å². The largest absolute Gasteiger partial charge is 0.465 e. The van der Waals surface area contributed by atoms with Crippen LogP contribution in [0.3, 0.4) is 0 Å². The third kappa shape index (κ3) is 4.08. The van der Waals surface area contributed by atoms with E-state index in [0.717, 1.165) is 30.6 Å². The summed E-state index contributed by atoms with van der Waals surface area (Å²) in [7, 11) is 3.48. The number of likely N-dealkylation sites (tertiary alicyclic amines) is 1. The topological polar surface area (TPSA) is 58.6 Å². The second-order valence-corrected chi connectivity index (χ2v) is 7.28. The zero-order valence-electron chi connectivity index (χ0n) is 14.5. The Morgan fingerprint density at radius 2 is 2.04 bits per heavy atom. The Bertz CT molecular complexity index is 754. The molecule has 1 saturated heterocycles. The summed E-state index contributed by atoms with van der Waals surface area (Å²) >= 11 is 1.35. The molecule has 1 amide bonds. The monoisotopic (exact) mass is 358 g/mol. The van der Waals surface area contributed by atoms with Gasteiger partial charge < -0.3 is 15.0 Å². The fraction of sp³-hybridized carbons (Fsp3) is 0.368. The predicted molar refractivity (Wildman–Crippen MR) is 99.0 cm³/mol. The summed E-state index contributed by atoms with van der Waals surface area (Å²) in [5, 5.41) is 4.88. The number of rotatable bonds is 5. The van der Waals surface area contributed by atoms with Crippen LogP contribution in [-0.2, 0) is 4.74 Å². The van der Waals surface area contributed by atoms with E-state index in [9.17, 15) is 9.59 Å². The number of thiophene rings is 1. The molecule has 2 heterocycles. The van der Waals surface area contributed by atoms with Crippen LogP contribution in [0.25, 0.3) is 11.1 Å². The predicted octanol–water partition coefficient (Wildman–Crippen LogP) is 2.88. The number of hydrogen-bond acceptors (Lipinski definition) is 5. The molecular weight excluding hydrogens is 336 g/mol. The maximum Gasteiger partial charge on any atom is 0.348 e. The molecule has 5 nitrogen and oxygen atoms in total. The first-order chi connectivity index (χ1) is 12.1. The van der Waals surface area contributed by atoms with Gasteiger partial charge in [-0.1, -0.05) is 12.1 Å². The van der Waals surface area contributed by atoms with E-state index < -0.39 is 0 Å². The van der Waals surface area contributed by atoms with Gasteiger partial charge in [-0.2, -0.15) is 0 Å². The zero-order chi connectivity index (χ0) is 17.8. The first-order valence-corrected chi connectivity index (χ1v) is 9.19. The van der Waals surface area contributed by atoms with Crippen LogP contribution < -0.4 is 5.32 Å². The molecule has 132 valence electrons. The van der Waals surface area contributed by atoms with E-state index in [1.165, 1.54) is 18.4 Å². The van der Waals surface area contributed by atoms with E-state index in [2.05, 4.69) is 17.3 Å². The number of carbonyl (C=O) groups excluding carboxylic acids is 2. The Morgan fingerprint density at radius 3 is 2.68 bits per heavy atom. The third-order valence-electron chi connectivity index (χ3n) is 4.53. The zero-order valence-corrected chi connectivity index (χ0v) is 15.3. The van der Waals surface area contributed by atoms with Crippen molar-refractivity contribution in [2.24, 2.45) is 5.92 Å². The summed E-state index contributed by atoms with van der Waals surface area (Å²) in [4.78, 5) is 27.0. The first-order valence-electron chi connectivity index (χ1n) is 8.31. The van der Waals surface area contributed by atoms with Gasteiger partial charge in [0.1, 0.15) is 4.88 Å². The van der Waals surface area contributed by atoms with Crippen molar-refractivity contribution in [1.29, 1.82) is 0 Å². The summed E-state index contributed by atoms with van der Waals surface area (Å²) in [5.41, 5.74) is 2.36. The lowest BCUT2D eigenvalue weighted by Crippen LogP contribution is -2.30. The molecule has 1 unspecified atom stereocenters. The number of methoxy groups -OCH3 is 1. The van der Waals surface area contributed by atoms with Crippen molar-refractivity contribution in [3.8, 4) is 11.1 Å². The van der Waals surface area contributed by atoms with Crippen molar-refractivity contribution in [2.75, 3.05) is 33.8 Å². The quantitative estimate of drug-likeness (QED) is 0.835. The number of hydrogen-bond donors (Lipinski definition) is 1. The van der Waals surface area contributed by atoms with E-state index in [1.807, 2.05) is 23.6 Å². The van der Waals surface area contributed by atoms with Crippen molar-refractivity contribution in [2.45, 2.75) is 6.42 Å². The standard InChI is InChI=1S/C19H22N2O3S/c1-21-9-7-13(12-21)11-20-18(22)15-5-3-14(4-6-15)16-8-10-25-17(16)19(23)24-2/h3-6,8,10,13H,7,9,11-12H2,1-2H3,(H,20,22). The number of ether oxygens (including phenoxy) is 1. The van der Waals surface area contributed by atoms with Crippen LogP contribution in [0.5, 0.6) is 0 Å². The number of amides is 1. The minimum Gasteiger partial charge on any atom is -0.465 e. The van der Waals surface area contributed by atoms with Crippen LogP contribution in [0.4, 0.5) is 0 Å². The van der Waals surface area contributed by atoms with Gasteiger partial charge in [0.25, 0.3) is 5.91 Å². The van der Waals surface area contributed by atoms with Crippen LogP contribution in [0.15, 0.2) is 35.7 Å². The molecule has 1 aliphatic heterocycles. The second kappa shape index (κ2) is 7.80. The Balaban J connectivity index is 1.65. The Morgan fingerprint density at radius 1 is 1.28 bits per heavy atom. The van der Waals surface area contributed by atoms with Gasteiger partial charge in [-0.15, -0.1) is 11.3 Å². The number of nitrogens with zero attached hydrogens (tertiary/aromatic N) is 1. The molecule has 1 atom stereocenters. The first kappa shape index (κ1) is 17.6. The molecule has 0 bridgehead atoms. The minimum atomic E-state index is -0.339. The lowest BCUT2D eigenvalue weighted by Gasteiger charge is -2.12. The smallest absolute Gasteiger partial charge is 0.348 e. The normalized spacial score (nSPS) is 17.4. The van der Waals surface area contributed by atoms with E-state index in [0.29, 0.717) is 22.9 Å². The molecule has 1 N–H and O–H groups in total. The Kier molecular flexibility index (Phi) is 5.50. The highest BCUT2D eigenvalue weighted by Crippen LogP contribution is 2.29. The Labute approximate surface area is 151 Å². The molecule has 1 fully saturated rings. The summed E-state index contributed by atoms with van der Waals surface area (Å²) in [6.45, 7) is 2.84. The Hall–Kier alpha value is -2.18. The molecule has 0 saturated carbocycles. The van der Waals surface area contributed by atoms with Gasteiger partial charge in [-0.05, 0) is 55.1 Å². The maximum atomic E-state index is 12.3. The molecule has 0 radical (unpaired) electrons. The van der Waals surface area contributed by atoms with Crippen molar-refractivity contribution < 1.29 is 14.3 Å². The molecule has 2 aromatic rings. The van der Waals surface area contributed by atoms with E-state index in [-0.39, 0.29) is 11.9 Å². The van der Waals surface area contributed by atoms with Gasteiger partial charge in [0.2, 0.25) is 0 Å². The third-order valence-corrected chi connectivity index (χ3v) is 5.43. The number of benzene rings is 1. The van der Waals surface area contributed by atoms with Crippen molar-refractivity contribution in [3.63, 3.8) is 0 Å². The van der Waals surface area contributed by atoms with Gasteiger partial charge in [0, 0.05) is 24.2 Å². The summed E-state index contributed by atoms with van der Waals surface area (Å²) in [6, 6.07) is 9.22. The van der Waals surface area contributed by atoms with Gasteiger partial charge in [0.05, 0.1) is 7.11 Å². The molecule has 1 aromatic carbocycles. The van der Waals surface area contributed by atoms with Crippen molar-refractivity contribution in [3.05, 3.63) is 46.2 Å². The molecule has 0 aliphatic carbocycles. The highest BCUT2D eigenvalue weighted by atomic mass is 32.1. The molecule has 6 heteroatoms. The average Bonchev–Trinajstić information content (AvgIpc) is 3.28. The van der Waals surface area contributed by atoms with Gasteiger partial charge >= 0.3 is 5.97 Å². The van der Waals surface area contributed by atoms with Gasteiger partial charge in [-0.25, -0.2) is 4.79 Å². The summed E-state index contributed by atoms with van der Waals surface area (Å²) in [6.07, 6.45) is 1.13. The molecule has 3 rings (SSSR count). The van der Waals surface area contributed by atoms with Crippen LogP contribution in [-0.4, -0.2) is 50.6 Å². The molecular formula is C19H22N2O3S. The average molecular weight is 358 g/mol. The lowest BCUT2D eigenvalue weighted by atomic mass is 10.0. The minimum absolute atomic E-state index is 0.0559. The van der Waals surface area contributed by atoms with Gasteiger partial charge in [0.15, 0.2) is 0 Å². The lowest BCUT2D eigenvalue weighted by molar-refractivity contribution is 0.0607. The van der Waals surface area contributed by atoms with Gasteiger partial charge in [-0.3, -0.25) is 4.79 Å². The number of esters is 1. The fourth-order valence-corrected chi connectivity index (χ4v) is 3.95. The molecule has 25 heavy (non-hydrogen) atoms. The maximum absolute atomic E-state index is 12.3. The molecule has 1 aromatic heterocycles. The van der Waals surface area contributed by atoms with Crippen LogP contribution in [0.1, 0.15) is 26.5 Å². The molecule has 1 aliphatic rings.